The minimum absolute atomic E-state index is 0.0170. The standard InChI is InChI=1S/C23H26BrN3O4.C21H24BrN3O2.C2H3ClO2/c1-30-20-5-3-4-17(14-20)15-27-21(28)26(19-8-6-18(24)7-9-19)16-23(27)10-12-25(13-11-23)22(29)31-2;1-27-19-4-2-3-16(13-19)14-25-20(26)24(18-7-5-17(22)6-8-18)15-21(25)9-11-23-12-10-21;1-5-2(3)4/h3-9,14H,10-13,15-16H2,1-2H3;2-8,13,23H,9-12,14-15H2,1H3;1H3. The first-order chi connectivity index (χ1) is 30.3. The predicted molar refractivity (Wildman–Crippen MR) is 250 cm³/mol. The molecule has 0 aliphatic carbocycles. The minimum atomic E-state index is -0.773. The first-order valence-electron chi connectivity index (χ1n) is 20.6. The quantitative estimate of drug-likeness (QED) is 0.172. The summed E-state index contributed by atoms with van der Waals surface area (Å²) in [6, 6.07) is 31.7. The van der Waals surface area contributed by atoms with Crippen LogP contribution in [-0.4, -0.2) is 117 Å². The van der Waals surface area contributed by atoms with Crippen LogP contribution in [0.1, 0.15) is 36.8 Å². The van der Waals surface area contributed by atoms with E-state index in [1.165, 1.54) is 14.2 Å². The van der Waals surface area contributed by atoms with Crippen molar-refractivity contribution in [1.82, 2.24) is 20.0 Å². The molecule has 14 nitrogen and oxygen atoms in total. The molecule has 4 aliphatic rings. The Kier molecular flexibility index (Phi) is 16.2. The van der Waals surface area contributed by atoms with Crippen LogP contribution in [-0.2, 0) is 22.6 Å². The number of anilines is 2. The van der Waals surface area contributed by atoms with Gasteiger partial charge in [0.25, 0.3) is 0 Å². The Balaban J connectivity index is 0.000000191. The van der Waals surface area contributed by atoms with Crippen LogP contribution in [0, 0.1) is 0 Å². The summed E-state index contributed by atoms with van der Waals surface area (Å²) in [5.74, 6) is 1.59. The van der Waals surface area contributed by atoms with Gasteiger partial charge in [-0.05, 0) is 123 Å². The second-order valence-corrected chi connectivity index (χ2v) is 17.8. The maximum absolute atomic E-state index is 13.6. The van der Waals surface area contributed by atoms with Crippen LogP contribution in [0.15, 0.2) is 106 Å². The highest BCUT2D eigenvalue weighted by Crippen LogP contribution is 2.41. The number of methoxy groups -OCH3 is 4. The lowest BCUT2D eigenvalue weighted by Gasteiger charge is -2.43. The van der Waals surface area contributed by atoms with Crippen molar-refractivity contribution in [2.75, 3.05) is 77.5 Å². The summed E-state index contributed by atoms with van der Waals surface area (Å²) >= 11 is 11.5. The van der Waals surface area contributed by atoms with Gasteiger partial charge >= 0.3 is 23.6 Å². The number of hydrogen-bond donors (Lipinski definition) is 1. The molecular weight excluding hydrogens is 960 g/mol. The van der Waals surface area contributed by atoms with Gasteiger partial charge in [0, 0.05) is 58.1 Å². The predicted octanol–water partition coefficient (Wildman–Crippen LogP) is 9.51. The Morgan fingerprint density at radius 2 is 1.05 bits per heavy atom. The summed E-state index contributed by atoms with van der Waals surface area (Å²) in [4.78, 5) is 57.9. The van der Waals surface area contributed by atoms with Gasteiger partial charge < -0.3 is 39.0 Å². The highest BCUT2D eigenvalue weighted by Gasteiger charge is 2.52. The fraction of sp³-hybridized carbons (Fsp3) is 0.391. The van der Waals surface area contributed by atoms with E-state index in [1.54, 1.807) is 19.1 Å². The average Bonchev–Trinajstić information content (AvgIpc) is 3.72. The molecule has 4 aromatic carbocycles. The molecule has 63 heavy (non-hydrogen) atoms. The van der Waals surface area contributed by atoms with Crippen LogP contribution in [0.4, 0.5) is 30.6 Å². The number of nitrogens with zero attached hydrogens (tertiary/aromatic N) is 5. The van der Waals surface area contributed by atoms with Gasteiger partial charge in [-0.3, -0.25) is 9.80 Å². The van der Waals surface area contributed by atoms with Gasteiger partial charge in [0.1, 0.15) is 11.5 Å². The van der Waals surface area contributed by atoms with Crippen molar-refractivity contribution in [3.8, 4) is 11.5 Å². The number of benzene rings is 4. The molecule has 336 valence electrons. The van der Waals surface area contributed by atoms with Gasteiger partial charge in [0.15, 0.2) is 0 Å². The smallest absolute Gasteiger partial charge is 0.409 e. The maximum atomic E-state index is 13.6. The molecule has 4 aromatic rings. The molecule has 4 saturated heterocycles. The summed E-state index contributed by atoms with van der Waals surface area (Å²) in [5.41, 5.74) is 2.68. The molecule has 1 N–H and O–H groups in total. The lowest BCUT2D eigenvalue weighted by Crippen LogP contribution is -2.55. The average molecular weight is 1010 g/mol. The molecule has 0 aromatic heterocycles. The number of rotatable bonds is 8. The molecule has 5 amide bonds. The third kappa shape index (κ3) is 11.4. The van der Waals surface area contributed by atoms with Gasteiger partial charge in [0.2, 0.25) is 0 Å². The second-order valence-electron chi connectivity index (χ2n) is 15.7. The van der Waals surface area contributed by atoms with E-state index in [2.05, 4.69) is 64.5 Å². The first-order valence-corrected chi connectivity index (χ1v) is 22.5. The number of carbonyl (C=O) groups excluding carboxylic acids is 4. The zero-order valence-corrected chi connectivity index (χ0v) is 39.8. The molecule has 8 rings (SSSR count). The largest absolute Gasteiger partial charge is 0.497 e. The van der Waals surface area contributed by atoms with Crippen molar-refractivity contribution in [1.29, 1.82) is 0 Å². The van der Waals surface area contributed by atoms with E-state index in [4.69, 9.17) is 14.2 Å². The number of carbonyl (C=O) groups is 4. The molecular formula is C46H53Br2ClN6O8. The van der Waals surface area contributed by atoms with Crippen LogP contribution in [0.25, 0.3) is 0 Å². The summed E-state index contributed by atoms with van der Waals surface area (Å²) in [6.07, 6.45) is 3.02. The molecule has 0 atom stereocenters. The zero-order chi connectivity index (χ0) is 45.1. The Labute approximate surface area is 390 Å². The number of hydrogen-bond acceptors (Lipinski definition) is 9. The number of likely N-dealkylation sites (tertiary alicyclic amines) is 1. The van der Waals surface area contributed by atoms with E-state index < -0.39 is 5.43 Å². The van der Waals surface area contributed by atoms with Crippen molar-refractivity contribution in [2.24, 2.45) is 0 Å². The Morgan fingerprint density at radius 1 is 0.635 bits per heavy atom. The van der Waals surface area contributed by atoms with Crippen LogP contribution < -0.4 is 24.6 Å². The second kappa shape index (κ2) is 21.6. The molecule has 0 unspecified atom stereocenters. The Morgan fingerprint density at radius 3 is 1.43 bits per heavy atom. The van der Waals surface area contributed by atoms with Crippen LogP contribution >= 0.6 is 43.5 Å². The lowest BCUT2D eigenvalue weighted by molar-refractivity contribution is 0.0615. The van der Waals surface area contributed by atoms with Gasteiger partial charge in [0.05, 0.1) is 52.6 Å². The number of ether oxygens (including phenoxy) is 4. The van der Waals surface area contributed by atoms with Crippen LogP contribution in [0.2, 0.25) is 0 Å². The number of urea groups is 2. The summed E-state index contributed by atoms with van der Waals surface area (Å²) in [6.45, 7) is 5.41. The lowest BCUT2D eigenvalue weighted by atomic mass is 9.86. The molecule has 0 bridgehead atoms. The number of nitrogens with one attached hydrogen (secondary N) is 1. The third-order valence-electron chi connectivity index (χ3n) is 12.0. The highest BCUT2D eigenvalue weighted by atomic mass is 79.9. The number of amides is 5. The van der Waals surface area contributed by atoms with Gasteiger partial charge in [-0.15, -0.1) is 0 Å². The highest BCUT2D eigenvalue weighted by molar-refractivity contribution is 9.10. The van der Waals surface area contributed by atoms with E-state index in [-0.39, 0.29) is 29.2 Å². The normalized spacial score (nSPS) is 17.5. The Bertz CT molecular complexity index is 2200. The molecule has 4 aliphatic heterocycles. The molecule has 4 fully saturated rings. The van der Waals surface area contributed by atoms with Crippen molar-refractivity contribution in [2.45, 2.75) is 49.9 Å². The van der Waals surface area contributed by atoms with Gasteiger partial charge in [-0.2, -0.15) is 0 Å². The summed E-state index contributed by atoms with van der Waals surface area (Å²) in [5, 5.41) is 3.43. The van der Waals surface area contributed by atoms with Crippen LogP contribution in [0.5, 0.6) is 11.5 Å². The van der Waals surface area contributed by atoms with E-state index in [9.17, 15) is 19.2 Å². The van der Waals surface area contributed by atoms with E-state index in [1.807, 2.05) is 106 Å². The van der Waals surface area contributed by atoms with Gasteiger partial charge in [-0.1, -0.05) is 56.1 Å². The van der Waals surface area contributed by atoms with Crippen molar-refractivity contribution in [3.05, 3.63) is 117 Å². The van der Waals surface area contributed by atoms with Crippen molar-refractivity contribution < 1.29 is 38.1 Å². The fourth-order valence-electron chi connectivity index (χ4n) is 8.60. The molecule has 0 saturated carbocycles. The maximum Gasteiger partial charge on any atom is 0.409 e. The summed E-state index contributed by atoms with van der Waals surface area (Å²) in [7, 11) is 5.93. The van der Waals surface area contributed by atoms with E-state index in [0.29, 0.717) is 45.6 Å². The first kappa shape index (κ1) is 47.4. The molecule has 0 radical (unpaired) electrons. The zero-order valence-electron chi connectivity index (χ0n) is 35.9. The monoisotopic (exact) mass is 1010 g/mol. The molecule has 17 heteroatoms. The van der Waals surface area contributed by atoms with Crippen LogP contribution in [0.3, 0.4) is 0 Å². The minimum Gasteiger partial charge on any atom is -0.497 e. The topological polar surface area (TPSA) is 133 Å². The fourth-order valence-corrected chi connectivity index (χ4v) is 9.13. The SMILES string of the molecule is COC(=O)Cl.COC(=O)N1CCC2(CC1)CN(c1ccc(Br)cc1)C(=O)N2Cc1cccc(OC)c1.COc1cccc(CN2C(=O)N(c3ccc(Br)cc3)CC23CCNCC3)c1. The number of piperidine rings is 2. The molecule has 2 spiro atoms. The van der Waals surface area contributed by atoms with E-state index >= 15 is 0 Å². The van der Waals surface area contributed by atoms with E-state index in [0.717, 1.165) is 75.4 Å². The van der Waals surface area contributed by atoms with Crippen molar-refractivity contribution in [3.63, 3.8) is 0 Å². The number of halogens is 3. The summed E-state index contributed by atoms with van der Waals surface area (Å²) < 4.78 is 21.5. The van der Waals surface area contributed by atoms with Crippen molar-refractivity contribution >= 4 is 78.4 Å². The Hall–Kier alpha value is -5.03. The van der Waals surface area contributed by atoms with Gasteiger partial charge in [-0.25, -0.2) is 19.2 Å². The molecule has 4 heterocycles. The third-order valence-corrected chi connectivity index (χ3v) is 13.2.